The lowest BCUT2D eigenvalue weighted by atomic mass is 10.2. The maximum Gasteiger partial charge on any atom is 0.354 e. The highest BCUT2D eigenvalue weighted by Gasteiger charge is 2.07. The van der Waals surface area contributed by atoms with Crippen molar-refractivity contribution in [3.63, 3.8) is 0 Å². The van der Waals surface area contributed by atoms with E-state index >= 15 is 0 Å². The smallest absolute Gasteiger partial charge is 0.354 e. The third-order valence-electron chi connectivity index (χ3n) is 1.57. The summed E-state index contributed by atoms with van der Waals surface area (Å²) in [5.41, 5.74) is -0.124. The van der Waals surface area contributed by atoms with Gasteiger partial charge in [-0.05, 0) is 19.1 Å². The average Bonchev–Trinajstić information content (AvgIpc) is 2.17. The molecule has 0 aliphatic heterocycles. The van der Waals surface area contributed by atoms with Crippen LogP contribution in [0.1, 0.15) is 23.1 Å². The molecule has 1 aromatic rings. The molecule has 0 unspecified atom stereocenters. The lowest BCUT2D eigenvalue weighted by Gasteiger charge is -1.99. The highest BCUT2D eigenvalue weighted by Crippen LogP contribution is 2.09. The van der Waals surface area contributed by atoms with E-state index in [2.05, 4.69) is 4.98 Å². The van der Waals surface area contributed by atoms with Crippen molar-refractivity contribution in [1.29, 1.82) is 0 Å². The number of aliphatic hydroxyl groups excluding tert-OH is 1. The quantitative estimate of drug-likeness (QED) is 0.575. The number of carbonyl (C=O) groups is 2. The number of carboxylic acids is 1. The van der Waals surface area contributed by atoms with E-state index in [1.54, 1.807) is 0 Å². The Bertz CT molecular complexity index is 437. The van der Waals surface area contributed by atoms with Crippen LogP contribution in [-0.4, -0.2) is 26.9 Å². The van der Waals surface area contributed by atoms with Gasteiger partial charge in [0, 0.05) is 6.08 Å². The summed E-state index contributed by atoms with van der Waals surface area (Å²) >= 11 is 0. The molecule has 0 saturated carbocycles. The second-order valence-corrected chi connectivity index (χ2v) is 2.85. The zero-order chi connectivity index (χ0) is 11.4. The van der Waals surface area contributed by atoms with Crippen LogP contribution in [0.15, 0.2) is 24.3 Å². The standard InChI is InChI=1S/C10H9NO4/c1-6(12)5-9(13)7-3-2-4-8(11-7)10(14)15/h2-5,13H,1H3,(H,14,15)/b9-5+. The highest BCUT2D eigenvalue weighted by molar-refractivity contribution is 5.93. The summed E-state index contributed by atoms with van der Waals surface area (Å²) in [6.07, 6.45) is 0.980. The van der Waals surface area contributed by atoms with E-state index in [1.165, 1.54) is 25.1 Å². The number of carbonyl (C=O) groups excluding carboxylic acids is 1. The predicted molar refractivity (Wildman–Crippen MR) is 52.5 cm³/mol. The van der Waals surface area contributed by atoms with Gasteiger partial charge in [0.2, 0.25) is 0 Å². The van der Waals surface area contributed by atoms with Crippen molar-refractivity contribution < 1.29 is 19.8 Å². The second-order valence-electron chi connectivity index (χ2n) is 2.85. The molecule has 1 rings (SSSR count). The largest absolute Gasteiger partial charge is 0.506 e. The number of aliphatic hydroxyl groups is 1. The van der Waals surface area contributed by atoms with Crippen molar-refractivity contribution in [3.8, 4) is 0 Å². The molecule has 1 aromatic heterocycles. The van der Waals surface area contributed by atoms with Gasteiger partial charge >= 0.3 is 5.97 Å². The summed E-state index contributed by atoms with van der Waals surface area (Å²) in [7, 11) is 0. The lowest BCUT2D eigenvalue weighted by molar-refractivity contribution is -0.112. The third-order valence-corrected chi connectivity index (χ3v) is 1.57. The van der Waals surface area contributed by atoms with E-state index in [0.29, 0.717) is 0 Å². The molecule has 0 bridgehead atoms. The Balaban J connectivity index is 3.11. The zero-order valence-electron chi connectivity index (χ0n) is 7.97. The molecule has 0 atom stereocenters. The van der Waals surface area contributed by atoms with Crippen molar-refractivity contribution in [3.05, 3.63) is 35.7 Å². The number of rotatable bonds is 3. The molecular weight excluding hydrogens is 198 g/mol. The van der Waals surface area contributed by atoms with Crippen LogP contribution < -0.4 is 0 Å². The first-order chi connectivity index (χ1) is 7.00. The van der Waals surface area contributed by atoms with Crippen LogP contribution in [0.3, 0.4) is 0 Å². The van der Waals surface area contributed by atoms with Crippen LogP contribution >= 0.6 is 0 Å². The Morgan fingerprint density at radius 3 is 2.40 bits per heavy atom. The van der Waals surface area contributed by atoms with Crippen LogP contribution in [0.2, 0.25) is 0 Å². The number of allylic oxidation sites excluding steroid dienone is 1. The fraction of sp³-hybridized carbons (Fsp3) is 0.100. The number of aromatic nitrogens is 1. The van der Waals surface area contributed by atoms with Gasteiger partial charge in [0.05, 0.1) is 0 Å². The van der Waals surface area contributed by atoms with Gasteiger partial charge in [-0.1, -0.05) is 6.07 Å². The highest BCUT2D eigenvalue weighted by atomic mass is 16.4. The predicted octanol–water partition coefficient (Wildman–Crippen LogP) is 1.27. The number of pyridine rings is 1. The van der Waals surface area contributed by atoms with Crippen molar-refractivity contribution in [2.24, 2.45) is 0 Å². The summed E-state index contributed by atoms with van der Waals surface area (Å²) in [6, 6.07) is 4.16. The van der Waals surface area contributed by atoms with E-state index in [9.17, 15) is 14.7 Å². The molecule has 0 fully saturated rings. The maximum atomic E-state index is 10.7. The minimum Gasteiger partial charge on any atom is -0.506 e. The Labute approximate surface area is 85.7 Å². The van der Waals surface area contributed by atoms with Crippen LogP contribution in [-0.2, 0) is 4.79 Å². The molecule has 0 radical (unpaired) electrons. The van der Waals surface area contributed by atoms with Crippen LogP contribution in [0.5, 0.6) is 0 Å². The minimum absolute atomic E-state index is 0.0603. The summed E-state index contributed by atoms with van der Waals surface area (Å²) in [5.74, 6) is -1.87. The van der Waals surface area contributed by atoms with Crippen LogP contribution in [0.25, 0.3) is 5.76 Å². The molecule has 0 spiro atoms. The van der Waals surface area contributed by atoms with Crippen LogP contribution in [0.4, 0.5) is 0 Å². The Hall–Kier alpha value is -2.17. The summed E-state index contributed by atoms with van der Waals surface area (Å²) in [6.45, 7) is 1.28. The van der Waals surface area contributed by atoms with E-state index in [-0.39, 0.29) is 22.9 Å². The molecule has 15 heavy (non-hydrogen) atoms. The van der Waals surface area contributed by atoms with Crippen molar-refractivity contribution in [1.82, 2.24) is 4.98 Å². The number of carboxylic acid groups (broad SMARTS) is 1. The first-order valence-electron chi connectivity index (χ1n) is 4.12. The first-order valence-corrected chi connectivity index (χ1v) is 4.12. The topological polar surface area (TPSA) is 87.5 Å². The van der Waals surface area contributed by atoms with E-state index < -0.39 is 5.97 Å². The number of aromatic carboxylic acids is 1. The molecule has 5 nitrogen and oxygen atoms in total. The summed E-state index contributed by atoms with van der Waals surface area (Å²) < 4.78 is 0. The Morgan fingerprint density at radius 1 is 1.27 bits per heavy atom. The molecule has 2 N–H and O–H groups in total. The summed E-state index contributed by atoms with van der Waals surface area (Å²) in [5, 5.41) is 18.0. The van der Waals surface area contributed by atoms with Gasteiger partial charge < -0.3 is 10.2 Å². The average molecular weight is 207 g/mol. The maximum absolute atomic E-state index is 10.7. The molecule has 0 aromatic carbocycles. The summed E-state index contributed by atoms with van der Waals surface area (Å²) in [4.78, 5) is 24.9. The second kappa shape index (κ2) is 4.36. The molecule has 0 amide bonds. The molecule has 5 heteroatoms. The monoisotopic (exact) mass is 207 g/mol. The van der Waals surface area contributed by atoms with E-state index in [0.717, 1.165) is 6.08 Å². The Kier molecular flexibility index (Phi) is 3.17. The van der Waals surface area contributed by atoms with Crippen molar-refractivity contribution >= 4 is 17.5 Å². The fourth-order valence-corrected chi connectivity index (χ4v) is 0.963. The Morgan fingerprint density at radius 2 is 1.87 bits per heavy atom. The van der Waals surface area contributed by atoms with Gasteiger partial charge in [-0.3, -0.25) is 4.79 Å². The SMILES string of the molecule is CC(=O)/C=C(/O)c1cccc(C(=O)O)n1. The van der Waals surface area contributed by atoms with Crippen molar-refractivity contribution in [2.75, 3.05) is 0 Å². The first kappa shape index (κ1) is 10.9. The number of ketones is 1. The number of hydrogen-bond donors (Lipinski definition) is 2. The van der Waals surface area contributed by atoms with E-state index in [1.807, 2.05) is 0 Å². The zero-order valence-corrected chi connectivity index (χ0v) is 7.97. The van der Waals surface area contributed by atoms with Gasteiger partial charge in [0.25, 0.3) is 0 Å². The molecule has 0 aliphatic rings. The molecular formula is C10H9NO4. The molecule has 0 aliphatic carbocycles. The minimum atomic E-state index is -1.19. The fourth-order valence-electron chi connectivity index (χ4n) is 0.963. The molecule has 1 heterocycles. The van der Waals surface area contributed by atoms with Gasteiger partial charge in [-0.2, -0.15) is 0 Å². The van der Waals surface area contributed by atoms with Gasteiger partial charge in [0.1, 0.15) is 17.1 Å². The molecule has 78 valence electrons. The number of hydrogen-bond acceptors (Lipinski definition) is 4. The van der Waals surface area contributed by atoms with Gasteiger partial charge in [0.15, 0.2) is 5.78 Å². The van der Waals surface area contributed by atoms with Gasteiger partial charge in [-0.25, -0.2) is 9.78 Å². The number of nitrogens with zero attached hydrogens (tertiary/aromatic N) is 1. The van der Waals surface area contributed by atoms with E-state index in [4.69, 9.17) is 5.11 Å². The lowest BCUT2D eigenvalue weighted by Crippen LogP contribution is -2.02. The van der Waals surface area contributed by atoms with Crippen LogP contribution in [0, 0.1) is 0 Å². The third kappa shape index (κ3) is 2.91. The van der Waals surface area contributed by atoms with Gasteiger partial charge in [-0.15, -0.1) is 0 Å². The van der Waals surface area contributed by atoms with Crippen molar-refractivity contribution in [2.45, 2.75) is 6.92 Å². The molecule has 0 saturated heterocycles. The normalized spacial score (nSPS) is 11.1.